The monoisotopic (exact) mass is 213 g/mol. The maximum atomic E-state index is 10.8. The van der Waals surface area contributed by atoms with Gasteiger partial charge >= 0.3 is 5.97 Å². The molecule has 0 aliphatic carbocycles. The molecular formula is C10H12ClNO2. The van der Waals surface area contributed by atoms with Crippen LogP contribution in [-0.4, -0.2) is 24.2 Å². The number of hydrogen-bond acceptors (Lipinski definition) is 2. The molecular weight excluding hydrogens is 202 g/mol. The van der Waals surface area contributed by atoms with Crippen molar-refractivity contribution in [3.8, 4) is 0 Å². The van der Waals surface area contributed by atoms with Gasteiger partial charge in [0.25, 0.3) is 0 Å². The van der Waals surface area contributed by atoms with Gasteiger partial charge in [-0.1, -0.05) is 18.2 Å². The van der Waals surface area contributed by atoms with Gasteiger partial charge < -0.3 is 10.4 Å². The Morgan fingerprint density at radius 2 is 2.00 bits per heavy atom. The number of halogens is 1. The van der Waals surface area contributed by atoms with Gasteiger partial charge in [-0.15, -0.1) is 12.4 Å². The van der Waals surface area contributed by atoms with E-state index in [1.54, 1.807) is 12.1 Å². The van der Waals surface area contributed by atoms with Crippen molar-refractivity contribution in [2.45, 2.75) is 5.92 Å². The van der Waals surface area contributed by atoms with Crippen molar-refractivity contribution >= 4 is 18.4 Å². The first-order valence-corrected chi connectivity index (χ1v) is 4.32. The molecule has 1 aliphatic rings. The van der Waals surface area contributed by atoms with Gasteiger partial charge in [-0.05, 0) is 11.6 Å². The Morgan fingerprint density at radius 1 is 1.36 bits per heavy atom. The van der Waals surface area contributed by atoms with Gasteiger partial charge in [0.2, 0.25) is 0 Å². The molecule has 1 fully saturated rings. The summed E-state index contributed by atoms with van der Waals surface area (Å²) in [6, 6.07) is 7.21. The Balaban J connectivity index is 0.000000980. The third-order valence-corrected chi connectivity index (χ3v) is 2.41. The Morgan fingerprint density at radius 3 is 2.50 bits per heavy atom. The molecule has 3 nitrogen and oxygen atoms in total. The third kappa shape index (κ3) is 1.89. The molecule has 0 saturated carbocycles. The number of benzene rings is 1. The molecule has 1 heterocycles. The van der Waals surface area contributed by atoms with Gasteiger partial charge in [-0.2, -0.15) is 0 Å². The number of carboxylic acids is 1. The lowest BCUT2D eigenvalue weighted by atomic mass is 9.90. The van der Waals surface area contributed by atoms with E-state index in [0.717, 1.165) is 18.7 Å². The Bertz CT molecular complexity index is 337. The molecule has 0 atom stereocenters. The summed E-state index contributed by atoms with van der Waals surface area (Å²) in [7, 11) is 0. The van der Waals surface area contributed by atoms with Crippen molar-refractivity contribution in [2.75, 3.05) is 13.1 Å². The van der Waals surface area contributed by atoms with Crippen LogP contribution in [0.3, 0.4) is 0 Å². The minimum absolute atomic E-state index is 0. The molecule has 1 aromatic carbocycles. The maximum Gasteiger partial charge on any atom is 0.335 e. The highest BCUT2D eigenvalue weighted by molar-refractivity contribution is 5.89. The van der Waals surface area contributed by atoms with Crippen molar-refractivity contribution in [2.24, 2.45) is 0 Å². The Labute approximate surface area is 88.5 Å². The van der Waals surface area contributed by atoms with Crippen LogP contribution < -0.4 is 5.32 Å². The van der Waals surface area contributed by atoms with E-state index in [-0.39, 0.29) is 12.4 Å². The van der Waals surface area contributed by atoms with E-state index < -0.39 is 5.97 Å². The summed E-state index contributed by atoms with van der Waals surface area (Å²) in [6.45, 7) is 1.79. The standard InChI is InChI=1S/C10H11NO2.ClH/c12-10(13)9-4-2-1-3-8(9)7-5-11-6-7;/h1-4,7,11H,5-6H2,(H,12,13);1H. The van der Waals surface area contributed by atoms with E-state index in [9.17, 15) is 4.79 Å². The average molecular weight is 214 g/mol. The molecule has 0 bridgehead atoms. The first-order valence-electron chi connectivity index (χ1n) is 4.32. The highest BCUT2D eigenvalue weighted by atomic mass is 35.5. The minimum atomic E-state index is -0.831. The van der Waals surface area contributed by atoms with E-state index in [0.29, 0.717) is 11.5 Å². The molecule has 1 saturated heterocycles. The lowest BCUT2D eigenvalue weighted by Gasteiger charge is -2.28. The van der Waals surface area contributed by atoms with E-state index in [1.165, 1.54) is 0 Å². The fourth-order valence-corrected chi connectivity index (χ4v) is 1.56. The molecule has 2 rings (SSSR count). The molecule has 4 heteroatoms. The zero-order chi connectivity index (χ0) is 9.26. The Hall–Kier alpha value is -1.06. The van der Waals surface area contributed by atoms with Crippen LogP contribution in [0.5, 0.6) is 0 Å². The average Bonchev–Trinajstić information content (AvgIpc) is 2.02. The predicted octanol–water partition coefficient (Wildman–Crippen LogP) is 1.49. The van der Waals surface area contributed by atoms with Crippen LogP contribution in [0.25, 0.3) is 0 Å². The molecule has 0 unspecified atom stereocenters. The van der Waals surface area contributed by atoms with Gasteiger partial charge in [0.05, 0.1) is 5.56 Å². The number of carbonyl (C=O) groups is 1. The van der Waals surface area contributed by atoms with Crippen molar-refractivity contribution in [1.82, 2.24) is 5.32 Å². The first-order chi connectivity index (χ1) is 6.29. The molecule has 76 valence electrons. The Kier molecular flexibility index (Phi) is 3.49. The van der Waals surface area contributed by atoms with Crippen LogP contribution in [0.1, 0.15) is 21.8 Å². The minimum Gasteiger partial charge on any atom is -0.478 e. The smallest absolute Gasteiger partial charge is 0.335 e. The van der Waals surface area contributed by atoms with Gasteiger partial charge in [0.1, 0.15) is 0 Å². The maximum absolute atomic E-state index is 10.8. The SMILES string of the molecule is Cl.O=C(O)c1ccccc1C1CNC1. The summed E-state index contributed by atoms with van der Waals surface area (Å²) in [5, 5.41) is 12.0. The summed E-state index contributed by atoms with van der Waals surface area (Å²) in [5.74, 6) is -0.449. The lowest BCUT2D eigenvalue weighted by Crippen LogP contribution is -2.40. The second-order valence-electron chi connectivity index (χ2n) is 3.25. The molecule has 0 spiro atoms. The number of hydrogen-bond donors (Lipinski definition) is 2. The second-order valence-corrected chi connectivity index (χ2v) is 3.25. The molecule has 0 radical (unpaired) electrons. The van der Waals surface area contributed by atoms with Crippen LogP contribution in [0.4, 0.5) is 0 Å². The molecule has 0 amide bonds. The van der Waals surface area contributed by atoms with Crippen molar-refractivity contribution in [3.05, 3.63) is 35.4 Å². The van der Waals surface area contributed by atoms with Crippen molar-refractivity contribution in [3.63, 3.8) is 0 Å². The van der Waals surface area contributed by atoms with E-state index in [4.69, 9.17) is 5.11 Å². The molecule has 1 aliphatic heterocycles. The molecule has 1 aromatic rings. The second kappa shape index (κ2) is 4.44. The van der Waals surface area contributed by atoms with Gasteiger partial charge in [0.15, 0.2) is 0 Å². The quantitative estimate of drug-likeness (QED) is 0.783. The van der Waals surface area contributed by atoms with E-state index in [2.05, 4.69) is 5.32 Å². The van der Waals surface area contributed by atoms with Crippen LogP contribution in [0, 0.1) is 0 Å². The summed E-state index contributed by atoms with van der Waals surface area (Å²) >= 11 is 0. The van der Waals surface area contributed by atoms with Crippen LogP contribution in [0.15, 0.2) is 24.3 Å². The number of rotatable bonds is 2. The lowest BCUT2D eigenvalue weighted by molar-refractivity contribution is 0.0694. The topological polar surface area (TPSA) is 49.3 Å². The predicted molar refractivity (Wildman–Crippen MR) is 56.3 cm³/mol. The number of nitrogens with one attached hydrogen (secondary N) is 1. The molecule has 14 heavy (non-hydrogen) atoms. The van der Waals surface area contributed by atoms with Crippen LogP contribution >= 0.6 is 12.4 Å². The number of carboxylic acid groups (broad SMARTS) is 1. The fraction of sp³-hybridized carbons (Fsp3) is 0.300. The molecule has 0 aromatic heterocycles. The van der Waals surface area contributed by atoms with Gasteiger partial charge in [-0.3, -0.25) is 0 Å². The normalized spacial score (nSPS) is 15.4. The zero-order valence-electron chi connectivity index (χ0n) is 7.56. The summed E-state index contributed by atoms with van der Waals surface area (Å²) in [4.78, 5) is 10.8. The zero-order valence-corrected chi connectivity index (χ0v) is 8.38. The van der Waals surface area contributed by atoms with Crippen molar-refractivity contribution in [1.29, 1.82) is 0 Å². The third-order valence-electron chi connectivity index (χ3n) is 2.41. The highest BCUT2D eigenvalue weighted by Gasteiger charge is 2.23. The van der Waals surface area contributed by atoms with Crippen LogP contribution in [0.2, 0.25) is 0 Å². The van der Waals surface area contributed by atoms with E-state index in [1.807, 2.05) is 12.1 Å². The highest BCUT2D eigenvalue weighted by Crippen LogP contribution is 2.23. The summed E-state index contributed by atoms with van der Waals surface area (Å²) in [5.41, 5.74) is 1.39. The van der Waals surface area contributed by atoms with Crippen LogP contribution in [-0.2, 0) is 0 Å². The number of aromatic carboxylic acids is 1. The van der Waals surface area contributed by atoms with Gasteiger partial charge in [-0.25, -0.2) is 4.79 Å². The van der Waals surface area contributed by atoms with E-state index >= 15 is 0 Å². The van der Waals surface area contributed by atoms with Crippen molar-refractivity contribution < 1.29 is 9.90 Å². The largest absolute Gasteiger partial charge is 0.478 e. The van der Waals surface area contributed by atoms with Gasteiger partial charge in [0, 0.05) is 19.0 Å². The summed E-state index contributed by atoms with van der Waals surface area (Å²) < 4.78 is 0. The summed E-state index contributed by atoms with van der Waals surface area (Å²) in [6.07, 6.45) is 0. The first kappa shape index (κ1) is 11.0. The fourth-order valence-electron chi connectivity index (χ4n) is 1.56. The molecule has 2 N–H and O–H groups in total.